The van der Waals surface area contributed by atoms with Gasteiger partial charge >= 0.3 is 0 Å². The van der Waals surface area contributed by atoms with E-state index in [9.17, 15) is 4.79 Å². The Labute approximate surface area is 169 Å². The number of hydrogen-bond donors (Lipinski definition) is 0. The molecule has 1 spiro atoms. The van der Waals surface area contributed by atoms with Crippen molar-refractivity contribution in [3.05, 3.63) is 59.4 Å². The highest BCUT2D eigenvalue weighted by Gasteiger charge is 2.52. The second kappa shape index (κ2) is 7.08. The van der Waals surface area contributed by atoms with Crippen molar-refractivity contribution in [1.82, 2.24) is 9.88 Å². The van der Waals surface area contributed by atoms with Crippen LogP contribution in [0.1, 0.15) is 23.4 Å². The monoisotopic (exact) mass is 396 g/mol. The van der Waals surface area contributed by atoms with Crippen molar-refractivity contribution in [2.75, 3.05) is 18.8 Å². The maximum atomic E-state index is 12.8. The average Bonchev–Trinajstić information content (AvgIpc) is 3.29. The highest BCUT2D eigenvalue weighted by atomic mass is 32.2. The quantitative estimate of drug-likeness (QED) is 0.795. The zero-order chi connectivity index (χ0) is 19.1. The van der Waals surface area contributed by atoms with Gasteiger partial charge in [0, 0.05) is 31.0 Å². The number of aryl methyl sites for hydroxylation is 1. The molecule has 4 heterocycles. The van der Waals surface area contributed by atoms with Crippen molar-refractivity contribution >= 4 is 17.7 Å². The fourth-order valence-electron chi connectivity index (χ4n) is 4.34. The molecule has 2 fully saturated rings. The van der Waals surface area contributed by atoms with Crippen LogP contribution in [0.5, 0.6) is 5.75 Å². The minimum atomic E-state index is -0.361. The molecule has 1 aromatic carbocycles. The summed E-state index contributed by atoms with van der Waals surface area (Å²) in [7, 11) is 0. The Bertz CT molecular complexity index is 872. The number of amides is 1. The van der Waals surface area contributed by atoms with Crippen LogP contribution in [0.25, 0.3) is 0 Å². The van der Waals surface area contributed by atoms with E-state index >= 15 is 0 Å². The van der Waals surface area contributed by atoms with Crippen LogP contribution in [0.2, 0.25) is 0 Å². The van der Waals surface area contributed by atoms with Crippen molar-refractivity contribution in [3.63, 3.8) is 0 Å². The maximum absolute atomic E-state index is 12.8. The summed E-state index contributed by atoms with van der Waals surface area (Å²) in [6.07, 6.45) is 1.55. The second-order valence-electron chi connectivity index (χ2n) is 8.01. The van der Waals surface area contributed by atoms with Gasteiger partial charge in [0.15, 0.2) is 6.10 Å². The van der Waals surface area contributed by atoms with Gasteiger partial charge in [-0.1, -0.05) is 24.3 Å². The zero-order valence-corrected chi connectivity index (χ0v) is 16.8. The highest BCUT2D eigenvalue weighted by Crippen LogP contribution is 2.46. The molecule has 28 heavy (non-hydrogen) atoms. The van der Waals surface area contributed by atoms with E-state index in [2.05, 4.69) is 4.98 Å². The summed E-state index contributed by atoms with van der Waals surface area (Å²) in [4.78, 5) is 19.3. The fraction of sp³-hybridized carbons (Fsp3) is 0.455. The smallest absolute Gasteiger partial charge is 0.264 e. The molecule has 5 rings (SSSR count). The van der Waals surface area contributed by atoms with E-state index in [-0.39, 0.29) is 22.9 Å². The number of thioether (sulfide) groups is 1. The van der Waals surface area contributed by atoms with E-state index in [1.165, 1.54) is 0 Å². The van der Waals surface area contributed by atoms with Crippen LogP contribution in [0, 0.1) is 6.92 Å². The third-order valence-electron chi connectivity index (χ3n) is 5.78. The first-order valence-corrected chi connectivity index (χ1v) is 10.8. The Morgan fingerprint density at radius 3 is 2.96 bits per heavy atom. The predicted molar refractivity (Wildman–Crippen MR) is 108 cm³/mol. The molecule has 3 aliphatic heterocycles. The third kappa shape index (κ3) is 3.40. The number of carbonyl (C=O) groups excluding carboxylic acids is 1. The Morgan fingerprint density at radius 1 is 1.29 bits per heavy atom. The summed E-state index contributed by atoms with van der Waals surface area (Å²) in [6.45, 7) is 4.15. The molecule has 0 bridgehead atoms. The maximum Gasteiger partial charge on any atom is 0.264 e. The van der Waals surface area contributed by atoms with E-state index in [0.29, 0.717) is 13.0 Å². The van der Waals surface area contributed by atoms with Crippen molar-refractivity contribution in [2.45, 2.75) is 43.3 Å². The number of pyridine rings is 1. The van der Waals surface area contributed by atoms with Gasteiger partial charge in [-0.2, -0.15) is 0 Å². The molecule has 6 heteroatoms. The molecule has 0 N–H and O–H groups in total. The summed E-state index contributed by atoms with van der Waals surface area (Å²) in [5, 5.41) is 0. The topological polar surface area (TPSA) is 51.7 Å². The van der Waals surface area contributed by atoms with Gasteiger partial charge in [-0.15, -0.1) is 11.8 Å². The van der Waals surface area contributed by atoms with E-state index < -0.39 is 0 Å². The molecular formula is C22H24N2O3S. The normalized spacial score (nSPS) is 24.7. The van der Waals surface area contributed by atoms with Crippen LogP contribution in [0.15, 0.2) is 42.5 Å². The van der Waals surface area contributed by atoms with E-state index in [1.54, 1.807) is 0 Å². The van der Waals surface area contributed by atoms with Crippen LogP contribution in [-0.4, -0.2) is 51.6 Å². The van der Waals surface area contributed by atoms with Crippen molar-refractivity contribution < 1.29 is 14.3 Å². The summed E-state index contributed by atoms with van der Waals surface area (Å²) in [5.74, 6) is 1.96. The van der Waals surface area contributed by atoms with Crippen LogP contribution in [-0.2, 0) is 22.6 Å². The van der Waals surface area contributed by atoms with Crippen molar-refractivity contribution in [1.29, 1.82) is 0 Å². The molecule has 5 nitrogen and oxygen atoms in total. The number of para-hydroxylation sites is 1. The number of hydrogen-bond acceptors (Lipinski definition) is 5. The molecular weight excluding hydrogens is 372 g/mol. The predicted octanol–water partition coefficient (Wildman–Crippen LogP) is 3.00. The average molecular weight is 397 g/mol. The molecule has 146 valence electrons. The lowest BCUT2D eigenvalue weighted by molar-refractivity contribution is -0.143. The van der Waals surface area contributed by atoms with Crippen LogP contribution >= 0.6 is 11.8 Å². The lowest BCUT2D eigenvalue weighted by atomic mass is 9.92. The number of ether oxygens (including phenoxy) is 2. The molecule has 1 aromatic heterocycles. The lowest BCUT2D eigenvalue weighted by Gasteiger charge is -2.48. The summed E-state index contributed by atoms with van der Waals surface area (Å²) < 4.78 is 12.1. The number of benzene rings is 1. The Hall–Kier alpha value is -2.05. The van der Waals surface area contributed by atoms with Crippen LogP contribution in [0.4, 0.5) is 0 Å². The van der Waals surface area contributed by atoms with Gasteiger partial charge in [0.25, 0.3) is 5.91 Å². The summed E-state index contributed by atoms with van der Waals surface area (Å²) >= 11 is 1.95. The Balaban J connectivity index is 1.11. The molecule has 2 aromatic rings. The largest absolute Gasteiger partial charge is 0.480 e. The number of carbonyl (C=O) groups is 1. The van der Waals surface area contributed by atoms with Crippen LogP contribution < -0.4 is 4.74 Å². The standard InChI is InChI=1S/C22H24N2O3S/c1-15-5-4-7-17(23-15)11-26-18-10-22(28-12-18)13-24(14-22)21(25)20-9-16-6-2-3-8-19(16)27-20/h2-8,18,20H,9-14H2,1H3. The summed E-state index contributed by atoms with van der Waals surface area (Å²) in [6, 6.07) is 14.0. The number of aromatic nitrogens is 1. The molecule has 0 aliphatic carbocycles. The van der Waals surface area contributed by atoms with Gasteiger partial charge in [0.2, 0.25) is 0 Å². The highest BCUT2D eigenvalue weighted by molar-refractivity contribution is 8.01. The Morgan fingerprint density at radius 2 is 2.14 bits per heavy atom. The SMILES string of the molecule is Cc1cccc(COC2CSC3(C2)CN(C(=O)C2Cc4ccccc4O2)C3)n1. The second-order valence-corrected chi connectivity index (χ2v) is 9.50. The molecule has 1 amide bonds. The minimum absolute atomic E-state index is 0.121. The van der Waals surface area contributed by atoms with Gasteiger partial charge in [0.05, 0.1) is 23.2 Å². The summed E-state index contributed by atoms with van der Waals surface area (Å²) in [5.41, 5.74) is 3.13. The van der Waals surface area contributed by atoms with E-state index in [0.717, 1.165) is 48.0 Å². The minimum Gasteiger partial charge on any atom is -0.480 e. The van der Waals surface area contributed by atoms with Gasteiger partial charge < -0.3 is 14.4 Å². The van der Waals surface area contributed by atoms with Gasteiger partial charge in [-0.05, 0) is 37.1 Å². The molecule has 2 saturated heterocycles. The first-order valence-electron chi connectivity index (χ1n) is 9.82. The molecule has 0 radical (unpaired) electrons. The molecule has 2 unspecified atom stereocenters. The number of rotatable bonds is 4. The molecule has 0 saturated carbocycles. The zero-order valence-electron chi connectivity index (χ0n) is 16.0. The number of likely N-dealkylation sites (tertiary alicyclic amines) is 1. The molecule has 2 atom stereocenters. The Kier molecular flexibility index (Phi) is 4.56. The first-order chi connectivity index (χ1) is 13.6. The van der Waals surface area contributed by atoms with E-state index in [1.807, 2.05) is 66.1 Å². The van der Waals surface area contributed by atoms with E-state index in [4.69, 9.17) is 9.47 Å². The lowest BCUT2D eigenvalue weighted by Crippen LogP contribution is -2.63. The van der Waals surface area contributed by atoms with Gasteiger partial charge in [-0.3, -0.25) is 9.78 Å². The number of nitrogens with zero attached hydrogens (tertiary/aromatic N) is 2. The fourth-order valence-corrected chi connectivity index (χ4v) is 5.89. The van der Waals surface area contributed by atoms with Crippen molar-refractivity contribution in [3.8, 4) is 5.75 Å². The third-order valence-corrected chi connectivity index (χ3v) is 7.36. The van der Waals surface area contributed by atoms with Gasteiger partial charge in [-0.25, -0.2) is 0 Å². The van der Waals surface area contributed by atoms with Crippen molar-refractivity contribution in [2.24, 2.45) is 0 Å². The van der Waals surface area contributed by atoms with Gasteiger partial charge in [0.1, 0.15) is 5.75 Å². The molecule has 3 aliphatic rings. The first kappa shape index (κ1) is 18.0. The van der Waals surface area contributed by atoms with Crippen LogP contribution in [0.3, 0.4) is 0 Å². The number of fused-ring (bicyclic) bond motifs is 1.